The number of piperidine rings is 1. The van der Waals surface area contributed by atoms with Crippen LogP contribution in [0.5, 0.6) is 0 Å². The lowest BCUT2D eigenvalue weighted by atomic mass is 9.87. The van der Waals surface area contributed by atoms with E-state index < -0.39 is 5.54 Å². The summed E-state index contributed by atoms with van der Waals surface area (Å²) in [5.41, 5.74) is -0.487. The minimum atomic E-state index is -0.487. The van der Waals surface area contributed by atoms with Crippen LogP contribution in [0.3, 0.4) is 0 Å². The number of carbonyl (C=O) groups is 1. The lowest BCUT2D eigenvalue weighted by molar-refractivity contribution is -0.141. The number of nitrogens with zero attached hydrogens (tertiary/aromatic N) is 3. The van der Waals surface area contributed by atoms with Gasteiger partial charge < -0.3 is 10.2 Å². The number of amides is 1. The van der Waals surface area contributed by atoms with E-state index >= 15 is 0 Å². The minimum Gasteiger partial charge on any atom is -0.344 e. The van der Waals surface area contributed by atoms with Crippen LogP contribution in [0.4, 0.5) is 0 Å². The quantitative estimate of drug-likeness (QED) is 0.861. The standard InChI is InChI=1S/C13H22N4O/c1-3-10-16(2)12(18)13(5-8-14-9-6-13)17-11-4-7-15-17/h4,7,11,14H,3,5-6,8-10H2,1-2H3. The predicted molar refractivity (Wildman–Crippen MR) is 70.2 cm³/mol. The normalized spacial score (nSPS) is 18.6. The molecule has 1 aliphatic heterocycles. The molecule has 1 fully saturated rings. The number of rotatable bonds is 4. The van der Waals surface area contributed by atoms with Crippen LogP contribution < -0.4 is 5.32 Å². The summed E-state index contributed by atoms with van der Waals surface area (Å²) in [4.78, 5) is 14.6. The third kappa shape index (κ3) is 2.27. The van der Waals surface area contributed by atoms with Gasteiger partial charge >= 0.3 is 0 Å². The maximum atomic E-state index is 12.7. The third-order valence-corrected chi connectivity index (χ3v) is 3.68. The largest absolute Gasteiger partial charge is 0.344 e. The maximum absolute atomic E-state index is 12.7. The highest BCUT2D eigenvalue weighted by Gasteiger charge is 2.43. The molecule has 0 spiro atoms. The molecule has 1 aliphatic rings. The fourth-order valence-electron chi connectivity index (χ4n) is 2.70. The van der Waals surface area contributed by atoms with Crippen molar-refractivity contribution in [3.63, 3.8) is 0 Å². The maximum Gasteiger partial charge on any atom is 0.250 e. The molecule has 0 aromatic carbocycles. The van der Waals surface area contributed by atoms with Gasteiger partial charge in [0.2, 0.25) is 5.91 Å². The number of nitrogens with one attached hydrogen (secondary N) is 1. The van der Waals surface area contributed by atoms with Gasteiger partial charge in [0.1, 0.15) is 5.54 Å². The zero-order chi connectivity index (χ0) is 13.0. The zero-order valence-electron chi connectivity index (χ0n) is 11.2. The van der Waals surface area contributed by atoms with Crippen LogP contribution in [-0.4, -0.2) is 47.3 Å². The molecular weight excluding hydrogens is 228 g/mol. The summed E-state index contributed by atoms with van der Waals surface area (Å²) >= 11 is 0. The van der Waals surface area contributed by atoms with Crippen molar-refractivity contribution in [2.45, 2.75) is 31.7 Å². The van der Waals surface area contributed by atoms with Crippen molar-refractivity contribution in [3.05, 3.63) is 18.5 Å². The molecule has 2 heterocycles. The Morgan fingerprint density at radius 3 is 2.78 bits per heavy atom. The molecule has 1 amide bonds. The Labute approximate surface area is 108 Å². The number of hydrogen-bond donors (Lipinski definition) is 1. The molecule has 1 saturated heterocycles. The van der Waals surface area contributed by atoms with Crippen molar-refractivity contribution in [3.8, 4) is 0 Å². The predicted octanol–water partition coefficient (Wildman–Crippen LogP) is 0.830. The van der Waals surface area contributed by atoms with Gasteiger partial charge in [0.15, 0.2) is 0 Å². The van der Waals surface area contributed by atoms with Crippen LogP contribution in [0.1, 0.15) is 26.2 Å². The van der Waals surface area contributed by atoms with E-state index in [4.69, 9.17) is 0 Å². The third-order valence-electron chi connectivity index (χ3n) is 3.68. The molecule has 18 heavy (non-hydrogen) atoms. The summed E-state index contributed by atoms with van der Waals surface area (Å²) in [6, 6.07) is 1.89. The van der Waals surface area contributed by atoms with Crippen molar-refractivity contribution in [1.29, 1.82) is 0 Å². The summed E-state index contributed by atoms with van der Waals surface area (Å²) < 4.78 is 1.85. The van der Waals surface area contributed by atoms with E-state index in [-0.39, 0.29) is 5.91 Å². The molecule has 0 unspecified atom stereocenters. The van der Waals surface area contributed by atoms with Gasteiger partial charge in [0.05, 0.1) is 0 Å². The van der Waals surface area contributed by atoms with Gasteiger partial charge in [-0.2, -0.15) is 5.10 Å². The zero-order valence-corrected chi connectivity index (χ0v) is 11.2. The summed E-state index contributed by atoms with van der Waals surface area (Å²) in [5.74, 6) is 0.189. The monoisotopic (exact) mass is 250 g/mol. The van der Waals surface area contributed by atoms with Crippen LogP contribution in [-0.2, 0) is 10.3 Å². The molecule has 1 N–H and O–H groups in total. The van der Waals surface area contributed by atoms with E-state index in [9.17, 15) is 4.79 Å². The van der Waals surface area contributed by atoms with Crippen LogP contribution >= 0.6 is 0 Å². The average Bonchev–Trinajstić information content (AvgIpc) is 2.93. The van der Waals surface area contributed by atoms with Gasteiger partial charge in [-0.3, -0.25) is 9.48 Å². The molecule has 5 nitrogen and oxygen atoms in total. The summed E-state index contributed by atoms with van der Waals surface area (Å²) in [6.07, 6.45) is 6.25. The van der Waals surface area contributed by atoms with Gasteiger partial charge in [-0.05, 0) is 38.4 Å². The molecule has 2 rings (SSSR count). The second-order valence-electron chi connectivity index (χ2n) is 4.96. The van der Waals surface area contributed by atoms with Gasteiger partial charge in [-0.15, -0.1) is 0 Å². The summed E-state index contributed by atoms with van der Waals surface area (Å²) in [5, 5.41) is 7.63. The van der Waals surface area contributed by atoms with E-state index in [0.29, 0.717) is 0 Å². The highest BCUT2D eigenvalue weighted by Crippen LogP contribution is 2.29. The van der Waals surface area contributed by atoms with Crippen molar-refractivity contribution in [1.82, 2.24) is 20.0 Å². The number of likely N-dealkylation sites (N-methyl/N-ethyl adjacent to an activating group) is 1. The number of carbonyl (C=O) groups excluding carboxylic acids is 1. The lowest BCUT2D eigenvalue weighted by Gasteiger charge is -2.39. The smallest absolute Gasteiger partial charge is 0.250 e. The van der Waals surface area contributed by atoms with Crippen molar-refractivity contribution in [2.75, 3.05) is 26.7 Å². The van der Waals surface area contributed by atoms with Crippen molar-refractivity contribution >= 4 is 5.91 Å². The first-order chi connectivity index (χ1) is 8.70. The molecule has 0 bridgehead atoms. The Morgan fingerprint density at radius 2 is 2.22 bits per heavy atom. The van der Waals surface area contributed by atoms with E-state index in [1.54, 1.807) is 6.20 Å². The summed E-state index contributed by atoms with van der Waals surface area (Å²) in [7, 11) is 1.89. The Morgan fingerprint density at radius 1 is 1.50 bits per heavy atom. The van der Waals surface area contributed by atoms with Crippen molar-refractivity contribution < 1.29 is 4.79 Å². The van der Waals surface area contributed by atoms with Crippen molar-refractivity contribution in [2.24, 2.45) is 0 Å². The molecule has 100 valence electrons. The average molecular weight is 250 g/mol. The Bertz CT molecular complexity index is 382. The first kappa shape index (κ1) is 13.1. The van der Waals surface area contributed by atoms with Crippen LogP contribution in [0, 0.1) is 0 Å². The highest BCUT2D eigenvalue weighted by atomic mass is 16.2. The van der Waals surface area contributed by atoms with Crippen LogP contribution in [0.25, 0.3) is 0 Å². The second-order valence-corrected chi connectivity index (χ2v) is 4.96. The second kappa shape index (κ2) is 5.52. The van der Waals surface area contributed by atoms with E-state index in [1.807, 2.05) is 28.9 Å². The van der Waals surface area contributed by atoms with E-state index in [2.05, 4.69) is 17.3 Å². The molecule has 0 atom stereocenters. The van der Waals surface area contributed by atoms with Gasteiger partial charge in [0, 0.05) is 26.0 Å². The fraction of sp³-hybridized carbons (Fsp3) is 0.692. The van der Waals surface area contributed by atoms with Crippen LogP contribution in [0.2, 0.25) is 0 Å². The Hall–Kier alpha value is -1.36. The molecule has 0 radical (unpaired) electrons. The SMILES string of the molecule is CCCN(C)C(=O)C1(n2cccn2)CCNCC1. The van der Waals surface area contributed by atoms with Crippen LogP contribution in [0.15, 0.2) is 18.5 Å². The Balaban J connectivity index is 2.27. The number of aromatic nitrogens is 2. The molecule has 5 heteroatoms. The number of hydrogen-bond acceptors (Lipinski definition) is 3. The minimum absolute atomic E-state index is 0.189. The lowest BCUT2D eigenvalue weighted by Crippen LogP contribution is -2.55. The summed E-state index contributed by atoms with van der Waals surface area (Å²) in [6.45, 7) is 4.62. The fourth-order valence-corrected chi connectivity index (χ4v) is 2.70. The Kier molecular flexibility index (Phi) is 4.01. The van der Waals surface area contributed by atoms with E-state index in [1.165, 1.54) is 0 Å². The first-order valence-corrected chi connectivity index (χ1v) is 6.67. The van der Waals surface area contributed by atoms with Gasteiger partial charge in [-0.25, -0.2) is 0 Å². The molecule has 1 aromatic rings. The van der Waals surface area contributed by atoms with Gasteiger partial charge in [0.25, 0.3) is 0 Å². The van der Waals surface area contributed by atoms with E-state index in [0.717, 1.165) is 38.9 Å². The van der Waals surface area contributed by atoms with Gasteiger partial charge in [-0.1, -0.05) is 6.92 Å². The molecule has 0 saturated carbocycles. The molecule has 0 aliphatic carbocycles. The molecule has 1 aromatic heterocycles. The highest BCUT2D eigenvalue weighted by molar-refractivity contribution is 5.84. The topological polar surface area (TPSA) is 50.2 Å². The first-order valence-electron chi connectivity index (χ1n) is 6.67. The molecular formula is C13H22N4O.